The van der Waals surface area contributed by atoms with Crippen molar-refractivity contribution in [3.05, 3.63) is 34.9 Å². The van der Waals surface area contributed by atoms with Gasteiger partial charge in [0.1, 0.15) is 0 Å². The van der Waals surface area contributed by atoms with Crippen molar-refractivity contribution < 1.29 is 4.79 Å². The first-order chi connectivity index (χ1) is 8.20. The summed E-state index contributed by atoms with van der Waals surface area (Å²) in [4.78, 5) is 11.9. The van der Waals surface area contributed by atoms with E-state index in [1.807, 2.05) is 24.3 Å². The van der Waals surface area contributed by atoms with E-state index in [1.54, 1.807) is 0 Å². The highest BCUT2D eigenvalue weighted by Crippen LogP contribution is 2.20. The van der Waals surface area contributed by atoms with Gasteiger partial charge in [-0.05, 0) is 24.1 Å². The molecule has 1 saturated heterocycles. The van der Waals surface area contributed by atoms with E-state index >= 15 is 0 Å². The second-order valence-electron chi connectivity index (χ2n) is 4.38. The summed E-state index contributed by atoms with van der Waals surface area (Å²) in [6, 6.07) is 7.74. The Kier molecular flexibility index (Phi) is 4.02. The number of benzene rings is 1. The molecule has 2 N–H and O–H groups in total. The van der Waals surface area contributed by atoms with Crippen LogP contribution in [0.25, 0.3) is 0 Å². The van der Waals surface area contributed by atoms with Crippen LogP contribution in [0, 0.1) is 5.92 Å². The molecule has 0 saturated carbocycles. The minimum absolute atomic E-state index is 0.0837. The van der Waals surface area contributed by atoms with Crippen LogP contribution in [-0.4, -0.2) is 19.0 Å². The largest absolute Gasteiger partial charge is 0.349 e. The number of halogens is 1. The van der Waals surface area contributed by atoms with Gasteiger partial charge in [0, 0.05) is 18.1 Å². The number of carbonyl (C=O) groups is 1. The zero-order valence-corrected chi connectivity index (χ0v) is 10.6. The lowest BCUT2D eigenvalue weighted by atomic mass is 9.99. The molecule has 1 aliphatic heterocycles. The van der Waals surface area contributed by atoms with Crippen LogP contribution in [0.15, 0.2) is 24.3 Å². The molecule has 4 heteroatoms. The van der Waals surface area contributed by atoms with Crippen molar-refractivity contribution in [3.8, 4) is 0 Å². The molecule has 0 spiro atoms. The molecule has 0 radical (unpaired) electrons. The maximum Gasteiger partial charge on any atom is 0.226 e. The second-order valence-corrected chi connectivity index (χ2v) is 4.81. The van der Waals surface area contributed by atoms with Gasteiger partial charge in [-0.1, -0.05) is 30.7 Å². The number of amides is 1. The SMILES string of the molecule is CCC(NC(=O)C1CNC1)c1ccc(Cl)cc1. The van der Waals surface area contributed by atoms with Crippen LogP contribution in [-0.2, 0) is 4.79 Å². The molecule has 1 fully saturated rings. The summed E-state index contributed by atoms with van der Waals surface area (Å²) in [7, 11) is 0. The lowest BCUT2D eigenvalue weighted by molar-refractivity contribution is -0.127. The van der Waals surface area contributed by atoms with Crippen LogP contribution in [0.3, 0.4) is 0 Å². The standard InChI is InChI=1S/C13H17ClN2O/c1-2-12(9-3-5-11(14)6-4-9)16-13(17)10-7-15-8-10/h3-6,10,12,15H,2,7-8H2,1H3,(H,16,17). The van der Waals surface area contributed by atoms with Crippen LogP contribution in [0.4, 0.5) is 0 Å². The molecule has 1 aromatic carbocycles. The minimum atomic E-state index is 0.0837. The van der Waals surface area contributed by atoms with E-state index < -0.39 is 0 Å². The second kappa shape index (κ2) is 5.52. The summed E-state index contributed by atoms with van der Waals surface area (Å²) in [6.45, 7) is 3.66. The van der Waals surface area contributed by atoms with Gasteiger partial charge in [0.05, 0.1) is 12.0 Å². The fourth-order valence-corrected chi connectivity index (χ4v) is 2.01. The third kappa shape index (κ3) is 2.99. The van der Waals surface area contributed by atoms with Crippen molar-refractivity contribution in [2.75, 3.05) is 13.1 Å². The first-order valence-electron chi connectivity index (χ1n) is 5.97. The Morgan fingerprint density at radius 3 is 2.59 bits per heavy atom. The fraction of sp³-hybridized carbons (Fsp3) is 0.462. The molecule has 1 aliphatic rings. The van der Waals surface area contributed by atoms with Gasteiger partial charge in [-0.25, -0.2) is 0 Å². The summed E-state index contributed by atoms with van der Waals surface area (Å²) >= 11 is 5.85. The molecule has 2 rings (SSSR count). The van der Waals surface area contributed by atoms with Gasteiger partial charge in [0.2, 0.25) is 5.91 Å². The number of carbonyl (C=O) groups excluding carboxylic acids is 1. The Labute approximate surface area is 107 Å². The first-order valence-corrected chi connectivity index (χ1v) is 6.35. The third-order valence-electron chi connectivity index (χ3n) is 3.15. The van der Waals surface area contributed by atoms with Crippen molar-refractivity contribution >= 4 is 17.5 Å². The maximum absolute atomic E-state index is 11.9. The smallest absolute Gasteiger partial charge is 0.226 e. The zero-order valence-electron chi connectivity index (χ0n) is 9.87. The van der Waals surface area contributed by atoms with Gasteiger partial charge in [-0.2, -0.15) is 0 Å². The molecule has 1 amide bonds. The van der Waals surface area contributed by atoms with E-state index in [0.717, 1.165) is 30.1 Å². The Bertz CT molecular complexity index is 387. The Morgan fingerprint density at radius 2 is 2.12 bits per heavy atom. The van der Waals surface area contributed by atoms with E-state index in [4.69, 9.17) is 11.6 Å². The molecule has 0 aromatic heterocycles. The molecular formula is C13H17ClN2O. The zero-order chi connectivity index (χ0) is 12.3. The van der Waals surface area contributed by atoms with Crippen molar-refractivity contribution in [2.45, 2.75) is 19.4 Å². The van der Waals surface area contributed by atoms with Crippen molar-refractivity contribution in [1.82, 2.24) is 10.6 Å². The van der Waals surface area contributed by atoms with Crippen molar-refractivity contribution in [3.63, 3.8) is 0 Å². The predicted molar refractivity (Wildman–Crippen MR) is 69.0 cm³/mol. The van der Waals surface area contributed by atoms with Crippen molar-refractivity contribution in [2.24, 2.45) is 5.92 Å². The molecule has 0 aliphatic carbocycles. The molecule has 3 nitrogen and oxygen atoms in total. The van der Waals surface area contributed by atoms with Crippen LogP contribution in [0.1, 0.15) is 24.9 Å². The van der Waals surface area contributed by atoms with E-state index in [0.29, 0.717) is 0 Å². The number of hydrogen-bond donors (Lipinski definition) is 2. The lowest BCUT2D eigenvalue weighted by Crippen LogP contribution is -2.51. The monoisotopic (exact) mass is 252 g/mol. The van der Waals surface area contributed by atoms with Gasteiger partial charge in [-0.3, -0.25) is 4.79 Å². The topological polar surface area (TPSA) is 41.1 Å². The maximum atomic E-state index is 11.9. The molecule has 0 bridgehead atoms. The summed E-state index contributed by atoms with van der Waals surface area (Å²) in [5.74, 6) is 0.280. The van der Waals surface area contributed by atoms with E-state index in [9.17, 15) is 4.79 Å². The number of rotatable bonds is 4. The van der Waals surface area contributed by atoms with Crippen LogP contribution >= 0.6 is 11.6 Å². The molecule has 1 atom stereocenters. The van der Waals surface area contributed by atoms with Gasteiger partial charge in [0.25, 0.3) is 0 Å². The van der Waals surface area contributed by atoms with Gasteiger partial charge >= 0.3 is 0 Å². The Hall–Kier alpha value is -1.06. The van der Waals surface area contributed by atoms with Crippen LogP contribution in [0.2, 0.25) is 5.02 Å². The van der Waals surface area contributed by atoms with Crippen LogP contribution in [0.5, 0.6) is 0 Å². The normalized spacial score (nSPS) is 17.3. The Morgan fingerprint density at radius 1 is 1.47 bits per heavy atom. The van der Waals surface area contributed by atoms with Gasteiger partial charge in [0.15, 0.2) is 0 Å². The van der Waals surface area contributed by atoms with Gasteiger partial charge < -0.3 is 10.6 Å². The quantitative estimate of drug-likeness (QED) is 0.862. The molecule has 17 heavy (non-hydrogen) atoms. The summed E-state index contributed by atoms with van der Waals surface area (Å²) in [6.07, 6.45) is 0.882. The lowest BCUT2D eigenvalue weighted by Gasteiger charge is -2.28. The fourth-order valence-electron chi connectivity index (χ4n) is 1.88. The predicted octanol–water partition coefficient (Wildman–Crippen LogP) is 2.13. The summed E-state index contributed by atoms with van der Waals surface area (Å²) in [5, 5.41) is 6.91. The molecule has 1 unspecified atom stereocenters. The first kappa shape index (κ1) is 12.4. The molecule has 1 aromatic rings. The van der Waals surface area contributed by atoms with E-state index in [2.05, 4.69) is 17.6 Å². The molecule has 92 valence electrons. The summed E-state index contributed by atoms with van der Waals surface area (Å²) < 4.78 is 0. The minimum Gasteiger partial charge on any atom is -0.349 e. The summed E-state index contributed by atoms with van der Waals surface area (Å²) in [5.41, 5.74) is 1.11. The van der Waals surface area contributed by atoms with E-state index in [1.165, 1.54) is 0 Å². The van der Waals surface area contributed by atoms with Crippen LogP contribution < -0.4 is 10.6 Å². The van der Waals surface area contributed by atoms with Crippen molar-refractivity contribution in [1.29, 1.82) is 0 Å². The average Bonchev–Trinajstić information content (AvgIpc) is 2.25. The average molecular weight is 253 g/mol. The Balaban J connectivity index is 2.00. The molecule has 1 heterocycles. The third-order valence-corrected chi connectivity index (χ3v) is 3.40. The highest BCUT2D eigenvalue weighted by Gasteiger charge is 2.26. The van der Waals surface area contributed by atoms with E-state index in [-0.39, 0.29) is 17.9 Å². The van der Waals surface area contributed by atoms with Gasteiger partial charge in [-0.15, -0.1) is 0 Å². The molecular weight excluding hydrogens is 236 g/mol. The highest BCUT2D eigenvalue weighted by molar-refractivity contribution is 6.30. The number of hydrogen-bond acceptors (Lipinski definition) is 2. The highest BCUT2D eigenvalue weighted by atomic mass is 35.5. The number of nitrogens with one attached hydrogen (secondary N) is 2.